The first-order valence-electron chi connectivity index (χ1n) is 8.20. The molecule has 0 saturated carbocycles. The van der Waals surface area contributed by atoms with E-state index in [1.165, 1.54) is 0 Å². The Kier molecular flexibility index (Phi) is 4.11. The predicted molar refractivity (Wildman–Crippen MR) is 99.3 cm³/mol. The fraction of sp³-hybridized carbons (Fsp3) is 0.0476. The van der Waals surface area contributed by atoms with Crippen molar-refractivity contribution in [2.45, 2.75) is 6.61 Å². The largest absolute Gasteiger partial charge is 0.488 e. The van der Waals surface area contributed by atoms with Crippen molar-refractivity contribution in [2.24, 2.45) is 0 Å². The Labute approximate surface area is 149 Å². The van der Waals surface area contributed by atoms with Gasteiger partial charge < -0.3 is 14.8 Å². The molecule has 0 aliphatic rings. The molecular weight excluding hydrogens is 328 g/mol. The number of carboxylic acids is 1. The first kappa shape index (κ1) is 15.9. The van der Waals surface area contributed by atoms with Gasteiger partial charge in [-0.15, -0.1) is 0 Å². The summed E-state index contributed by atoms with van der Waals surface area (Å²) in [6.45, 7) is 0.311. The number of nitrogens with one attached hydrogen (secondary N) is 1. The van der Waals surface area contributed by atoms with Crippen LogP contribution in [0.1, 0.15) is 15.9 Å². The number of imidazole rings is 1. The van der Waals surface area contributed by atoms with Gasteiger partial charge in [-0.05, 0) is 35.9 Å². The normalized spacial score (nSPS) is 10.8. The zero-order valence-electron chi connectivity index (χ0n) is 13.8. The van der Waals surface area contributed by atoms with E-state index < -0.39 is 5.97 Å². The molecule has 0 atom stereocenters. The van der Waals surface area contributed by atoms with Gasteiger partial charge in [-0.1, -0.05) is 42.5 Å². The summed E-state index contributed by atoms with van der Waals surface area (Å²) >= 11 is 0. The highest BCUT2D eigenvalue weighted by Crippen LogP contribution is 2.27. The number of H-pyrrole nitrogens is 1. The molecular formula is C21H16N2O3. The highest BCUT2D eigenvalue weighted by atomic mass is 16.5. The van der Waals surface area contributed by atoms with E-state index in [4.69, 9.17) is 4.74 Å². The maximum atomic E-state index is 11.7. The van der Waals surface area contributed by atoms with Crippen molar-refractivity contribution < 1.29 is 14.6 Å². The molecule has 0 aliphatic carbocycles. The molecule has 0 amide bonds. The molecule has 0 bridgehead atoms. The number of aromatic amines is 1. The lowest BCUT2D eigenvalue weighted by molar-refractivity contribution is 0.0692. The van der Waals surface area contributed by atoms with Crippen molar-refractivity contribution in [3.63, 3.8) is 0 Å². The smallest absolute Gasteiger partial charge is 0.339 e. The van der Waals surface area contributed by atoms with Crippen LogP contribution in [0.25, 0.3) is 22.4 Å². The molecule has 4 aromatic rings. The zero-order valence-corrected chi connectivity index (χ0v) is 13.8. The van der Waals surface area contributed by atoms with Gasteiger partial charge in [-0.3, -0.25) is 0 Å². The van der Waals surface area contributed by atoms with Crippen LogP contribution in [0.2, 0.25) is 0 Å². The van der Waals surface area contributed by atoms with Gasteiger partial charge in [0.2, 0.25) is 0 Å². The lowest BCUT2D eigenvalue weighted by Crippen LogP contribution is -2.04. The molecule has 0 unspecified atom stereocenters. The van der Waals surface area contributed by atoms with Crippen LogP contribution >= 0.6 is 0 Å². The highest BCUT2D eigenvalue weighted by Gasteiger charge is 2.15. The van der Waals surface area contributed by atoms with Gasteiger partial charge in [-0.25, -0.2) is 9.78 Å². The van der Waals surface area contributed by atoms with Crippen molar-refractivity contribution in [1.82, 2.24) is 9.97 Å². The number of rotatable bonds is 5. The van der Waals surface area contributed by atoms with Crippen LogP contribution in [-0.2, 0) is 6.61 Å². The van der Waals surface area contributed by atoms with Gasteiger partial charge in [0.05, 0.1) is 11.0 Å². The summed E-state index contributed by atoms with van der Waals surface area (Å²) in [6, 6.07) is 22.4. The number of aromatic carboxylic acids is 1. The Hall–Kier alpha value is -3.60. The standard InChI is InChI=1S/C21H16N2O3/c24-21(25)16-12-15(20-22-17-8-4-5-9-18(17)23-20)10-11-19(16)26-13-14-6-2-1-3-7-14/h1-12H,13H2,(H,22,23)(H,24,25). The van der Waals surface area contributed by atoms with E-state index in [1.807, 2.05) is 60.7 Å². The van der Waals surface area contributed by atoms with Crippen LogP contribution in [0, 0.1) is 0 Å². The number of hydrogen-bond donors (Lipinski definition) is 2. The molecule has 0 fully saturated rings. The first-order valence-corrected chi connectivity index (χ1v) is 8.20. The molecule has 3 aromatic carbocycles. The zero-order chi connectivity index (χ0) is 17.9. The van der Waals surface area contributed by atoms with Crippen LogP contribution in [0.3, 0.4) is 0 Å². The lowest BCUT2D eigenvalue weighted by atomic mass is 10.1. The Bertz CT molecular complexity index is 1040. The topological polar surface area (TPSA) is 75.2 Å². The molecule has 2 N–H and O–H groups in total. The Morgan fingerprint density at radius 3 is 2.54 bits per heavy atom. The number of aromatic nitrogens is 2. The molecule has 1 aromatic heterocycles. The van der Waals surface area contributed by atoms with Crippen LogP contribution in [0.5, 0.6) is 5.75 Å². The quantitative estimate of drug-likeness (QED) is 0.559. The van der Waals surface area contributed by atoms with Gasteiger partial charge in [-0.2, -0.15) is 0 Å². The predicted octanol–water partition coefficient (Wildman–Crippen LogP) is 4.51. The summed E-state index contributed by atoms with van der Waals surface area (Å²) in [7, 11) is 0. The number of carbonyl (C=O) groups is 1. The Morgan fingerprint density at radius 1 is 1.00 bits per heavy atom. The minimum Gasteiger partial charge on any atom is -0.488 e. The number of ether oxygens (including phenoxy) is 1. The molecule has 0 saturated heterocycles. The summed E-state index contributed by atoms with van der Waals surface area (Å²) in [5, 5.41) is 9.56. The van der Waals surface area contributed by atoms with E-state index in [0.717, 1.165) is 16.6 Å². The third-order valence-corrected chi connectivity index (χ3v) is 4.11. The third kappa shape index (κ3) is 3.15. The van der Waals surface area contributed by atoms with Crippen LogP contribution in [0.15, 0.2) is 72.8 Å². The minimum absolute atomic E-state index is 0.110. The number of carboxylic acid groups (broad SMARTS) is 1. The third-order valence-electron chi connectivity index (χ3n) is 4.11. The van der Waals surface area contributed by atoms with Crippen LogP contribution in [-0.4, -0.2) is 21.0 Å². The van der Waals surface area contributed by atoms with Gasteiger partial charge in [0.1, 0.15) is 23.7 Å². The van der Waals surface area contributed by atoms with Gasteiger partial charge in [0.25, 0.3) is 0 Å². The molecule has 128 valence electrons. The number of nitrogens with zero attached hydrogens (tertiary/aromatic N) is 1. The molecule has 5 nitrogen and oxygen atoms in total. The summed E-state index contributed by atoms with van der Waals surface area (Å²) < 4.78 is 5.72. The first-order chi connectivity index (χ1) is 12.7. The molecule has 1 heterocycles. The molecule has 4 rings (SSSR count). The second-order valence-electron chi connectivity index (χ2n) is 5.89. The van der Waals surface area contributed by atoms with E-state index in [9.17, 15) is 9.90 Å². The van der Waals surface area contributed by atoms with Crippen molar-refractivity contribution in [2.75, 3.05) is 0 Å². The summed E-state index contributed by atoms with van der Waals surface area (Å²) in [5.41, 5.74) is 3.53. The molecule has 5 heteroatoms. The second-order valence-corrected chi connectivity index (χ2v) is 5.89. The molecule has 0 radical (unpaired) electrons. The Morgan fingerprint density at radius 2 is 1.77 bits per heavy atom. The van der Waals surface area contributed by atoms with Crippen LogP contribution < -0.4 is 4.74 Å². The van der Waals surface area contributed by atoms with Crippen molar-refractivity contribution >= 4 is 17.0 Å². The van der Waals surface area contributed by atoms with Crippen molar-refractivity contribution in [3.05, 3.63) is 83.9 Å². The number of para-hydroxylation sites is 2. The van der Waals surface area contributed by atoms with E-state index in [0.29, 0.717) is 23.7 Å². The maximum absolute atomic E-state index is 11.7. The van der Waals surface area contributed by atoms with E-state index >= 15 is 0 Å². The average molecular weight is 344 g/mol. The number of hydrogen-bond acceptors (Lipinski definition) is 3. The SMILES string of the molecule is O=C(O)c1cc(-c2nc3ccccc3[nH]2)ccc1OCc1ccccc1. The number of benzene rings is 3. The van der Waals surface area contributed by atoms with Gasteiger partial charge >= 0.3 is 5.97 Å². The van der Waals surface area contributed by atoms with E-state index in [1.54, 1.807) is 12.1 Å². The highest BCUT2D eigenvalue weighted by molar-refractivity contribution is 5.92. The lowest BCUT2D eigenvalue weighted by Gasteiger charge is -2.10. The van der Waals surface area contributed by atoms with Crippen molar-refractivity contribution in [3.8, 4) is 17.1 Å². The Balaban J connectivity index is 1.65. The fourth-order valence-electron chi connectivity index (χ4n) is 2.80. The maximum Gasteiger partial charge on any atom is 0.339 e. The average Bonchev–Trinajstić information content (AvgIpc) is 3.11. The summed E-state index contributed by atoms with van der Waals surface area (Å²) in [5.74, 6) is -0.0736. The van der Waals surface area contributed by atoms with Crippen molar-refractivity contribution in [1.29, 1.82) is 0 Å². The minimum atomic E-state index is -1.04. The molecule has 0 spiro atoms. The second kappa shape index (κ2) is 6.72. The van der Waals surface area contributed by atoms with E-state index in [2.05, 4.69) is 9.97 Å². The summed E-state index contributed by atoms with van der Waals surface area (Å²) in [4.78, 5) is 19.4. The fourth-order valence-corrected chi connectivity index (χ4v) is 2.80. The molecule has 26 heavy (non-hydrogen) atoms. The van der Waals surface area contributed by atoms with E-state index in [-0.39, 0.29) is 5.56 Å². The van der Waals surface area contributed by atoms with Gasteiger partial charge in [0.15, 0.2) is 0 Å². The summed E-state index contributed by atoms with van der Waals surface area (Å²) in [6.07, 6.45) is 0. The monoisotopic (exact) mass is 344 g/mol. The van der Waals surface area contributed by atoms with Gasteiger partial charge in [0, 0.05) is 5.56 Å². The number of fused-ring (bicyclic) bond motifs is 1. The molecule has 0 aliphatic heterocycles. The van der Waals surface area contributed by atoms with Crippen LogP contribution in [0.4, 0.5) is 0 Å².